The highest BCUT2D eigenvalue weighted by atomic mass is 32.2. The monoisotopic (exact) mass is 312 g/mol. The minimum atomic E-state index is -3.63. The van der Waals surface area contributed by atoms with Crippen LogP contribution in [0, 0.1) is 0 Å². The Morgan fingerprint density at radius 2 is 1.90 bits per heavy atom. The van der Waals surface area contributed by atoms with E-state index in [2.05, 4.69) is 5.32 Å². The van der Waals surface area contributed by atoms with E-state index in [1.165, 1.54) is 32.3 Å². The minimum absolute atomic E-state index is 0.00942. The number of hydrogen-bond donors (Lipinski definition) is 2. The summed E-state index contributed by atoms with van der Waals surface area (Å²) in [6.45, 7) is 0. The van der Waals surface area contributed by atoms with E-state index in [0.717, 1.165) is 30.0 Å². The number of carboxylic acids is 1. The fraction of sp³-hybridized carbons (Fsp3) is 0.500. The quantitative estimate of drug-likeness (QED) is 0.868. The van der Waals surface area contributed by atoms with Crippen LogP contribution in [-0.4, -0.2) is 43.9 Å². The van der Waals surface area contributed by atoms with Crippen molar-refractivity contribution in [1.29, 1.82) is 0 Å². The molecule has 1 aliphatic rings. The van der Waals surface area contributed by atoms with E-state index in [0.29, 0.717) is 5.69 Å². The van der Waals surface area contributed by atoms with E-state index in [1.807, 2.05) is 0 Å². The molecule has 1 aromatic carbocycles. The van der Waals surface area contributed by atoms with Crippen LogP contribution < -0.4 is 5.32 Å². The third kappa shape index (κ3) is 3.36. The Morgan fingerprint density at radius 3 is 2.43 bits per heavy atom. The van der Waals surface area contributed by atoms with Crippen molar-refractivity contribution >= 4 is 21.7 Å². The molecule has 0 radical (unpaired) electrons. The molecule has 2 rings (SSSR count). The van der Waals surface area contributed by atoms with Gasteiger partial charge in [-0.3, -0.25) is 0 Å². The number of sulfonamides is 1. The molecule has 0 atom stereocenters. The molecule has 0 spiro atoms. The Balaban J connectivity index is 2.37. The highest BCUT2D eigenvalue weighted by Crippen LogP contribution is 2.27. The van der Waals surface area contributed by atoms with E-state index in [1.54, 1.807) is 0 Å². The summed E-state index contributed by atoms with van der Waals surface area (Å²) in [5.41, 5.74) is 0.469. The molecule has 0 unspecified atom stereocenters. The molecule has 0 amide bonds. The van der Waals surface area contributed by atoms with Gasteiger partial charge in [0.2, 0.25) is 10.0 Å². The van der Waals surface area contributed by atoms with Crippen LogP contribution in [0.3, 0.4) is 0 Å². The topological polar surface area (TPSA) is 86.7 Å². The summed E-state index contributed by atoms with van der Waals surface area (Å²) in [5.74, 6) is -1.13. The van der Waals surface area contributed by atoms with Crippen LogP contribution in [-0.2, 0) is 10.0 Å². The largest absolute Gasteiger partial charge is 0.478 e. The molecular formula is C14H20N2O4S. The number of hydrogen-bond acceptors (Lipinski definition) is 4. The van der Waals surface area contributed by atoms with Crippen molar-refractivity contribution in [2.75, 3.05) is 19.4 Å². The summed E-state index contributed by atoms with van der Waals surface area (Å²) in [6.07, 6.45) is 4.29. The molecule has 116 valence electrons. The summed E-state index contributed by atoms with van der Waals surface area (Å²) < 4.78 is 25.2. The van der Waals surface area contributed by atoms with Crippen LogP contribution in [0.2, 0.25) is 0 Å². The van der Waals surface area contributed by atoms with E-state index < -0.39 is 16.0 Å². The normalized spacial score (nSPS) is 16.3. The maximum absolute atomic E-state index is 12.1. The lowest BCUT2D eigenvalue weighted by atomic mass is 10.1. The van der Waals surface area contributed by atoms with Crippen LogP contribution in [0.4, 0.5) is 5.69 Å². The smallest absolute Gasteiger partial charge is 0.337 e. The van der Waals surface area contributed by atoms with Crippen molar-refractivity contribution in [2.45, 2.75) is 36.6 Å². The number of carbonyl (C=O) groups is 1. The zero-order chi connectivity index (χ0) is 15.6. The summed E-state index contributed by atoms with van der Waals surface area (Å²) in [5, 5.41) is 12.5. The molecule has 0 aliphatic heterocycles. The Morgan fingerprint density at radius 1 is 1.29 bits per heavy atom. The Kier molecular flexibility index (Phi) is 4.53. The van der Waals surface area contributed by atoms with Gasteiger partial charge in [0, 0.05) is 25.8 Å². The predicted molar refractivity (Wildman–Crippen MR) is 80.2 cm³/mol. The fourth-order valence-electron chi connectivity index (χ4n) is 2.49. The third-order valence-electron chi connectivity index (χ3n) is 3.71. The zero-order valence-electron chi connectivity index (χ0n) is 12.2. The van der Waals surface area contributed by atoms with Crippen LogP contribution in [0.25, 0.3) is 0 Å². The Labute approximate surface area is 124 Å². The van der Waals surface area contributed by atoms with Crippen molar-refractivity contribution in [3.05, 3.63) is 23.8 Å². The van der Waals surface area contributed by atoms with Crippen LogP contribution in [0.15, 0.2) is 23.1 Å². The molecule has 6 nitrogen and oxygen atoms in total. The van der Waals surface area contributed by atoms with Gasteiger partial charge in [0.25, 0.3) is 0 Å². The molecule has 0 heterocycles. The molecule has 0 aromatic heterocycles. The highest BCUT2D eigenvalue weighted by Gasteiger charge is 2.22. The third-order valence-corrected chi connectivity index (χ3v) is 5.53. The summed E-state index contributed by atoms with van der Waals surface area (Å²) in [6, 6.07) is 4.46. The van der Waals surface area contributed by atoms with Gasteiger partial charge in [-0.2, -0.15) is 0 Å². The number of nitrogens with one attached hydrogen (secondary N) is 1. The van der Waals surface area contributed by atoms with Gasteiger partial charge >= 0.3 is 5.97 Å². The first-order valence-corrected chi connectivity index (χ1v) is 8.33. The van der Waals surface area contributed by atoms with Gasteiger partial charge in [-0.1, -0.05) is 12.8 Å². The molecule has 7 heteroatoms. The van der Waals surface area contributed by atoms with Gasteiger partial charge in [-0.05, 0) is 31.0 Å². The lowest BCUT2D eigenvalue weighted by Crippen LogP contribution is -2.23. The van der Waals surface area contributed by atoms with E-state index >= 15 is 0 Å². The van der Waals surface area contributed by atoms with E-state index in [-0.39, 0.29) is 16.5 Å². The van der Waals surface area contributed by atoms with Gasteiger partial charge in [-0.15, -0.1) is 0 Å². The van der Waals surface area contributed by atoms with Crippen molar-refractivity contribution in [2.24, 2.45) is 0 Å². The average Bonchev–Trinajstić information content (AvgIpc) is 2.91. The lowest BCUT2D eigenvalue weighted by Gasteiger charge is -2.17. The maximum atomic E-state index is 12.1. The molecular weight excluding hydrogens is 292 g/mol. The number of rotatable bonds is 5. The van der Waals surface area contributed by atoms with Crippen LogP contribution >= 0.6 is 0 Å². The maximum Gasteiger partial charge on any atom is 0.337 e. The molecule has 1 aromatic rings. The highest BCUT2D eigenvalue weighted by molar-refractivity contribution is 7.89. The summed E-state index contributed by atoms with van der Waals surface area (Å²) in [7, 11) is -0.800. The van der Waals surface area contributed by atoms with E-state index in [4.69, 9.17) is 0 Å². The zero-order valence-corrected chi connectivity index (χ0v) is 13.0. The van der Waals surface area contributed by atoms with Gasteiger partial charge in [0.1, 0.15) is 0 Å². The van der Waals surface area contributed by atoms with Gasteiger partial charge < -0.3 is 10.4 Å². The van der Waals surface area contributed by atoms with Gasteiger partial charge in [-0.25, -0.2) is 17.5 Å². The van der Waals surface area contributed by atoms with Crippen molar-refractivity contribution in [1.82, 2.24) is 4.31 Å². The number of nitrogens with zero attached hydrogens (tertiary/aromatic N) is 1. The van der Waals surface area contributed by atoms with Gasteiger partial charge in [0.05, 0.1) is 10.5 Å². The first kappa shape index (κ1) is 15.8. The molecule has 0 saturated heterocycles. The van der Waals surface area contributed by atoms with Gasteiger partial charge in [0.15, 0.2) is 0 Å². The molecule has 2 N–H and O–H groups in total. The van der Waals surface area contributed by atoms with Crippen molar-refractivity contribution in [3.63, 3.8) is 0 Å². The summed E-state index contributed by atoms with van der Waals surface area (Å²) in [4.78, 5) is 11.4. The van der Waals surface area contributed by atoms with Crippen LogP contribution in [0.5, 0.6) is 0 Å². The second-order valence-electron chi connectivity index (χ2n) is 5.43. The number of benzene rings is 1. The Hall–Kier alpha value is -1.60. The lowest BCUT2D eigenvalue weighted by molar-refractivity contribution is 0.0697. The molecule has 21 heavy (non-hydrogen) atoms. The molecule has 1 saturated carbocycles. The first-order valence-electron chi connectivity index (χ1n) is 6.89. The second kappa shape index (κ2) is 6.03. The standard InChI is InChI=1S/C14H20N2O4S/c1-16(2)21(19,20)11-7-8-13(12(9-11)14(17)18)15-10-5-3-4-6-10/h7-10,15H,3-6H2,1-2H3,(H,17,18). The summed E-state index contributed by atoms with van der Waals surface area (Å²) >= 11 is 0. The van der Waals surface area contributed by atoms with Crippen molar-refractivity contribution in [3.8, 4) is 0 Å². The molecule has 0 bridgehead atoms. The number of anilines is 1. The molecule has 1 fully saturated rings. The fourth-order valence-corrected chi connectivity index (χ4v) is 3.42. The van der Waals surface area contributed by atoms with Crippen LogP contribution in [0.1, 0.15) is 36.0 Å². The SMILES string of the molecule is CN(C)S(=O)(=O)c1ccc(NC2CCCC2)c(C(=O)O)c1. The molecule has 1 aliphatic carbocycles. The second-order valence-corrected chi connectivity index (χ2v) is 7.58. The Bertz CT molecular complexity index is 634. The minimum Gasteiger partial charge on any atom is -0.478 e. The van der Waals surface area contributed by atoms with E-state index in [9.17, 15) is 18.3 Å². The number of carboxylic acid groups (broad SMARTS) is 1. The predicted octanol–water partition coefficient (Wildman–Crippen LogP) is 1.99. The average molecular weight is 312 g/mol. The van der Waals surface area contributed by atoms with Crippen molar-refractivity contribution < 1.29 is 18.3 Å². The number of aromatic carboxylic acids is 1. The first-order chi connectivity index (χ1) is 9.82.